The summed E-state index contributed by atoms with van der Waals surface area (Å²) >= 11 is 0. The van der Waals surface area contributed by atoms with Crippen molar-refractivity contribution in [3.05, 3.63) is 59.7 Å². The van der Waals surface area contributed by atoms with Gasteiger partial charge >= 0.3 is 0 Å². The zero-order valence-corrected chi connectivity index (χ0v) is 10.5. The molecular weight excluding hydrogens is 224 g/mol. The number of rotatable bonds is 5. The van der Waals surface area contributed by atoms with E-state index in [2.05, 4.69) is 46.6 Å². The number of aryl methyl sites for hydroxylation is 1. The molecule has 2 rings (SSSR count). The van der Waals surface area contributed by atoms with Crippen LogP contribution in [0.1, 0.15) is 36.1 Å². The molecule has 4 nitrogen and oxygen atoms in total. The topological polar surface area (TPSA) is 63.8 Å². The molecule has 0 bridgehead atoms. The van der Waals surface area contributed by atoms with Crippen LogP contribution in [0.4, 0.5) is 0 Å². The van der Waals surface area contributed by atoms with Gasteiger partial charge in [-0.25, -0.2) is 15.4 Å². The lowest BCUT2D eigenvalue weighted by Gasteiger charge is -2.16. The Labute approximate surface area is 107 Å². The molecule has 0 saturated carbocycles. The first-order valence-corrected chi connectivity index (χ1v) is 6.15. The number of hydrazine groups is 1. The highest BCUT2D eigenvalue weighted by molar-refractivity contribution is 5.31. The summed E-state index contributed by atoms with van der Waals surface area (Å²) in [5.74, 6) is 5.63. The number of benzene rings is 1. The maximum Gasteiger partial charge on any atom is 0.115 e. The lowest BCUT2D eigenvalue weighted by atomic mass is 9.99. The van der Waals surface area contributed by atoms with Gasteiger partial charge in [0, 0.05) is 18.0 Å². The molecule has 94 valence electrons. The number of nitrogens with two attached hydrogens (primary N) is 1. The van der Waals surface area contributed by atoms with Crippen LogP contribution < -0.4 is 11.3 Å². The molecule has 0 radical (unpaired) electrons. The summed E-state index contributed by atoms with van der Waals surface area (Å²) in [6, 6.07) is 8.42. The van der Waals surface area contributed by atoms with E-state index in [0.29, 0.717) is 0 Å². The SMILES string of the molecule is CCCc1ccc(C(NN)c2cncnc2)cc1. The van der Waals surface area contributed by atoms with Crippen molar-refractivity contribution in [2.75, 3.05) is 0 Å². The maximum atomic E-state index is 5.63. The Morgan fingerprint density at radius 2 is 1.78 bits per heavy atom. The molecular formula is C14H18N4. The molecule has 4 heteroatoms. The van der Waals surface area contributed by atoms with Crippen molar-refractivity contribution in [2.24, 2.45) is 5.84 Å². The van der Waals surface area contributed by atoms with Crippen molar-refractivity contribution in [3.8, 4) is 0 Å². The highest BCUT2D eigenvalue weighted by Crippen LogP contribution is 2.20. The predicted octanol–water partition coefficient (Wildman–Crippen LogP) is 1.98. The molecule has 0 spiro atoms. The zero-order chi connectivity index (χ0) is 12.8. The Morgan fingerprint density at radius 3 is 2.33 bits per heavy atom. The van der Waals surface area contributed by atoms with Crippen molar-refractivity contribution >= 4 is 0 Å². The highest BCUT2D eigenvalue weighted by atomic mass is 15.2. The molecule has 1 heterocycles. The van der Waals surface area contributed by atoms with E-state index in [1.165, 1.54) is 11.9 Å². The molecule has 0 aliphatic carbocycles. The van der Waals surface area contributed by atoms with E-state index in [1.54, 1.807) is 12.4 Å². The lowest BCUT2D eigenvalue weighted by molar-refractivity contribution is 0.631. The van der Waals surface area contributed by atoms with E-state index in [4.69, 9.17) is 5.84 Å². The Morgan fingerprint density at radius 1 is 1.11 bits per heavy atom. The summed E-state index contributed by atoms with van der Waals surface area (Å²) in [5, 5.41) is 0. The van der Waals surface area contributed by atoms with E-state index < -0.39 is 0 Å². The normalized spacial score (nSPS) is 12.3. The summed E-state index contributed by atoms with van der Waals surface area (Å²) in [5.41, 5.74) is 6.23. The molecule has 1 unspecified atom stereocenters. The first-order valence-electron chi connectivity index (χ1n) is 6.15. The maximum absolute atomic E-state index is 5.63. The van der Waals surface area contributed by atoms with Gasteiger partial charge in [-0.2, -0.15) is 0 Å². The fourth-order valence-electron chi connectivity index (χ4n) is 2.01. The molecule has 3 N–H and O–H groups in total. The fraction of sp³-hybridized carbons (Fsp3) is 0.286. The minimum atomic E-state index is -0.0677. The van der Waals surface area contributed by atoms with Gasteiger partial charge in [0.25, 0.3) is 0 Å². The lowest BCUT2D eigenvalue weighted by Crippen LogP contribution is -2.29. The Hall–Kier alpha value is -1.78. The molecule has 1 aromatic heterocycles. The van der Waals surface area contributed by atoms with E-state index in [-0.39, 0.29) is 6.04 Å². The standard InChI is InChI=1S/C14H18N4/c1-2-3-11-4-6-12(7-5-11)14(18-15)13-8-16-10-17-9-13/h4-10,14,18H,2-3,15H2,1H3. The van der Waals surface area contributed by atoms with Gasteiger partial charge in [-0.3, -0.25) is 5.84 Å². The van der Waals surface area contributed by atoms with Crippen LogP contribution in [0.25, 0.3) is 0 Å². The van der Waals surface area contributed by atoms with Gasteiger partial charge < -0.3 is 0 Å². The molecule has 2 aromatic rings. The number of aromatic nitrogens is 2. The van der Waals surface area contributed by atoms with E-state index >= 15 is 0 Å². The smallest absolute Gasteiger partial charge is 0.115 e. The van der Waals surface area contributed by atoms with Crippen molar-refractivity contribution in [2.45, 2.75) is 25.8 Å². The number of hydrogen-bond acceptors (Lipinski definition) is 4. The Kier molecular flexibility index (Phi) is 4.39. The van der Waals surface area contributed by atoms with E-state index in [9.17, 15) is 0 Å². The monoisotopic (exact) mass is 242 g/mol. The summed E-state index contributed by atoms with van der Waals surface area (Å²) < 4.78 is 0. The van der Waals surface area contributed by atoms with Crippen LogP contribution in [0, 0.1) is 0 Å². The first-order chi connectivity index (χ1) is 8.85. The van der Waals surface area contributed by atoms with Gasteiger partial charge in [0.05, 0.1) is 6.04 Å². The molecule has 0 aliphatic heterocycles. The van der Waals surface area contributed by atoms with E-state index in [0.717, 1.165) is 24.0 Å². The number of nitrogens with one attached hydrogen (secondary N) is 1. The minimum absolute atomic E-state index is 0.0677. The van der Waals surface area contributed by atoms with Crippen LogP contribution in [0.15, 0.2) is 43.0 Å². The van der Waals surface area contributed by atoms with Crippen LogP contribution in [0.3, 0.4) is 0 Å². The average molecular weight is 242 g/mol. The second kappa shape index (κ2) is 6.23. The molecule has 0 saturated heterocycles. The fourth-order valence-corrected chi connectivity index (χ4v) is 2.01. The molecule has 0 aliphatic rings. The summed E-state index contributed by atoms with van der Waals surface area (Å²) in [6.45, 7) is 2.18. The summed E-state index contributed by atoms with van der Waals surface area (Å²) in [6.07, 6.45) is 7.33. The van der Waals surface area contributed by atoms with Gasteiger partial charge in [-0.15, -0.1) is 0 Å². The van der Waals surface area contributed by atoms with Gasteiger partial charge in [0.15, 0.2) is 0 Å². The van der Waals surface area contributed by atoms with Gasteiger partial charge in [-0.05, 0) is 17.5 Å². The van der Waals surface area contributed by atoms with Crippen LogP contribution in [-0.4, -0.2) is 9.97 Å². The van der Waals surface area contributed by atoms with Gasteiger partial charge in [0.2, 0.25) is 0 Å². The van der Waals surface area contributed by atoms with Crippen molar-refractivity contribution < 1.29 is 0 Å². The Bertz CT molecular complexity index is 467. The van der Waals surface area contributed by atoms with Gasteiger partial charge in [0.1, 0.15) is 6.33 Å². The molecule has 1 atom stereocenters. The third-order valence-corrected chi connectivity index (χ3v) is 2.93. The second-order valence-corrected chi connectivity index (χ2v) is 4.26. The van der Waals surface area contributed by atoms with Crippen molar-refractivity contribution in [1.29, 1.82) is 0 Å². The van der Waals surface area contributed by atoms with Crippen molar-refractivity contribution in [3.63, 3.8) is 0 Å². The van der Waals surface area contributed by atoms with E-state index in [1.807, 2.05) is 0 Å². The summed E-state index contributed by atoms with van der Waals surface area (Å²) in [7, 11) is 0. The minimum Gasteiger partial charge on any atom is -0.271 e. The molecule has 0 amide bonds. The quantitative estimate of drug-likeness (QED) is 0.621. The molecule has 0 fully saturated rings. The first kappa shape index (κ1) is 12.7. The molecule has 18 heavy (non-hydrogen) atoms. The van der Waals surface area contributed by atoms with Gasteiger partial charge in [-0.1, -0.05) is 37.6 Å². The zero-order valence-electron chi connectivity index (χ0n) is 10.5. The highest BCUT2D eigenvalue weighted by Gasteiger charge is 2.12. The molecule has 1 aromatic carbocycles. The van der Waals surface area contributed by atoms with Crippen LogP contribution in [0.5, 0.6) is 0 Å². The van der Waals surface area contributed by atoms with Crippen molar-refractivity contribution in [1.82, 2.24) is 15.4 Å². The Balaban J connectivity index is 2.23. The van der Waals surface area contributed by atoms with Crippen LogP contribution >= 0.6 is 0 Å². The second-order valence-electron chi connectivity index (χ2n) is 4.26. The van der Waals surface area contributed by atoms with Crippen LogP contribution in [-0.2, 0) is 6.42 Å². The number of hydrogen-bond donors (Lipinski definition) is 2. The average Bonchev–Trinajstić information content (AvgIpc) is 2.43. The number of nitrogens with zero attached hydrogens (tertiary/aromatic N) is 2. The predicted molar refractivity (Wildman–Crippen MR) is 71.6 cm³/mol. The summed E-state index contributed by atoms with van der Waals surface area (Å²) in [4.78, 5) is 8.04. The largest absolute Gasteiger partial charge is 0.271 e. The third kappa shape index (κ3) is 2.91. The third-order valence-electron chi connectivity index (χ3n) is 2.93. The van der Waals surface area contributed by atoms with Crippen LogP contribution in [0.2, 0.25) is 0 Å².